The minimum Gasteiger partial charge on any atom is -0.452 e. The van der Waals surface area contributed by atoms with Gasteiger partial charge in [0.25, 0.3) is 0 Å². The van der Waals surface area contributed by atoms with Crippen LogP contribution in [0.1, 0.15) is 18.5 Å². The van der Waals surface area contributed by atoms with Crippen molar-refractivity contribution in [2.75, 3.05) is 0 Å². The molecule has 0 fully saturated rings. The van der Waals surface area contributed by atoms with E-state index in [0.717, 1.165) is 40.6 Å². The van der Waals surface area contributed by atoms with E-state index in [9.17, 15) is 0 Å². The molecule has 4 rings (SSSR count). The van der Waals surface area contributed by atoms with Crippen LogP contribution in [0.2, 0.25) is 5.28 Å². The summed E-state index contributed by atoms with van der Waals surface area (Å²) in [5.74, 6) is 0. The molecule has 4 heteroatoms. The number of allylic oxidation sites excluding steroid dienone is 4. The van der Waals surface area contributed by atoms with E-state index in [4.69, 9.17) is 16.0 Å². The minimum atomic E-state index is 0.249. The van der Waals surface area contributed by atoms with Crippen LogP contribution in [0.25, 0.3) is 27.6 Å². The van der Waals surface area contributed by atoms with Gasteiger partial charge in [0, 0.05) is 5.39 Å². The van der Waals surface area contributed by atoms with Crippen LogP contribution >= 0.6 is 11.6 Å². The monoisotopic (exact) mass is 282 g/mol. The summed E-state index contributed by atoms with van der Waals surface area (Å²) < 4.78 is 5.93. The largest absolute Gasteiger partial charge is 0.452 e. The van der Waals surface area contributed by atoms with Gasteiger partial charge in [-0.15, -0.1) is 0 Å². The third-order valence-corrected chi connectivity index (χ3v) is 3.63. The molecule has 0 N–H and O–H groups in total. The van der Waals surface area contributed by atoms with Gasteiger partial charge in [-0.1, -0.05) is 30.4 Å². The van der Waals surface area contributed by atoms with Gasteiger partial charge in [0.15, 0.2) is 5.58 Å². The fourth-order valence-corrected chi connectivity index (χ4v) is 2.72. The first-order valence-electron chi connectivity index (χ1n) is 6.55. The molecule has 0 atom stereocenters. The zero-order chi connectivity index (χ0) is 13.5. The Balaban J connectivity index is 2.10. The highest BCUT2D eigenvalue weighted by Crippen LogP contribution is 2.33. The second-order valence-corrected chi connectivity index (χ2v) is 5.09. The Morgan fingerprint density at radius 1 is 1.10 bits per heavy atom. The lowest BCUT2D eigenvalue weighted by atomic mass is 10.0. The summed E-state index contributed by atoms with van der Waals surface area (Å²) in [4.78, 5) is 8.69. The first kappa shape index (κ1) is 11.7. The van der Waals surface area contributed by atoms with E-state index in [1.807, 2.05) is 24.3 Å². The zero-order valence-electron chi connectivity index (χ0n) is 10.6. The van der Waals surface area contributed by atoms with E-state index in [1.165, 1.54) is 0 Å². The smallest absolute Gasteiger partial charge is 0.223 e. The maximum absolute atomic E-state index is 6.09. The lowest BCUT2D eigenvalue weighted by Crippen LogP contribution is -1.94. The van der Waals surface area contributed by atoms with Gasteiger partial charge in [-0.05, 0) is 42.1 Å². The van der Waals surface area contributed by atoms with Crippen molar-refractivity contribution in [2.45, 2.75) is 12.8 Å². The number of benzene rings is 1. The highest BCUT2D eigenvalue weighted by molar-refractivity contribution is 6.29. The van der Waals surface area contributed by atoms with Crippen LogP contribution in [-0.4, -0.2) is 9.97 Å². The molecule has 0 aliphatic heterocycles. The number of aromatic nitrogens is 2. The average molecular weight is 283 g/mol. The van der Waals surface area contributed by atoms with Crippen molar-refractivity contribution in [3.05, 3.63) is 53.5 Å². The number of furan rings is 1. The molecule has 0 saturated heterocycles. The van der Waals surface area contributed by atoms with Crippen molar-refractivity contribution < 1.29 is 4.42 Å². The first-order chi connectivity index (χ1) is 9.83. The van der Waals surface area contributed by atoms with Crippen molar-refractivity contribution in [1.29, 1.82) is 0 Å². The molecule has 0 spiro atoms. The van der Waals surface area contributed by atoms with E-state index < -0.39 is 0 Å². The highest BCUT2D eigenvalue weighted by Gasteiger charge is 2.17. The SMILES string of the molecule is Clc1nc(C2=CCCC=C2)c2oc3ccccc3c2n1. The van der Waals surface area contributed by atoms with Crippen molar-refractivity contribution >= 4 is 39.2 Å². The fourth-order valence-electron chi connectivity index (χ4n) is 2.55. The molecule has 20 heavy (non-hydrogen) atoms. The summed E-state index contributed by atoms with van der Waals surface area (Å²) in [6.45, 7) is 0. The van der Waals surface area contributed by atoms with Crippen LogP contribution in [0.15, 0.2) is 46.9 Å². The molecular formula is C16H11ClN2O. The minimum absolute atomic E-state index is 0.249. The van der Waals surface area contributed by atoms with Gasteiger partial charge in [-0.3, -0.25) is 0 Å². The topological polar surface area (TPSA) is 38.9 Å². The Morgan fingerprint density at radius 2 is 2.00 bits per heavy atom. The van der Waals surface area contributed by atoms with E-state index in [-0.39, 0.29) is 5.28 Å². The quantitative estimate of drug-likeness (QED) is 0.604. The second-order valence-electron chi connectivity index (χ2n) is 4.76. The summed E-state index contributed by atoms with van der Waals surface area (Å²) in [7, 11) is 0. The molecule has 1 aliphatic rings. The molecular weight excluding hydrogens is 272 g/mol. The van der Waals surface area contributed by atoms with Crippen LogP contribution in [-0.2, 0) is 0 Å². The van der Waals surface area contributed by atoms with Crippen LogP contribution in [0, 0.1) is 0 Å². The average Bonchev–Trinajstić information content (AvgIpc) is 2.86. The Bertz CT molecular complexity index is 877. The van der Waals surface area contributed by atoms with Crippen LogP contribution < -0.4 is 0 Å². The molecule has 1 aliphatic carbocycles. The predicted molar refractivity (Wildman–Crippen MR) is 80.7 cm³/mol. The maximum atomic E-state index is 6.09. The van der Waals surface area contributed by atoms with Crippen LogP contribution in [0.3, 0.4) is 0 Å². The molecule has 0 saturated carbocycles. The fraction of sp³-hybridized carbons (Fsp3) is 0.125. The van der Waals surface area contributed by atoms with Crippen molar-refractivity contribution in [1.82, 2.24) is 9.97 Å². The summed E-state index contributed by atoms with van der Waals surface area (Å²) >= 11 is 6.09. The third-order valence-electron chi connectivity index (χ3n) is 3.46. The zero-order valence-corrected chi connectivity index (χ0v) is 11.4. The number of hydrogen-bond acceptors (Lipinski definition) is 3. The van der Waals surface area contributed by atoms with Gasteiger partial charge in [-0.25, -0.2) is 9.97 Å². The lowest BCUT2D eigenvalue weighted by Gasteiger charge is -2.06. The molecule has 0 radical (unpaired) electrons. The molecule has 3 aromatic rings. The molecule has 98 valence electrons. The number of nitrogens with zero attached hydrogens (tertiary/aromatic N) is 2. The predicted octanol–water partition coefficient (Wildman–Crippen LogP) is 4.76. The van der Waals surface area contributed by atoms with Gasteiger partial charge in [0.1, 0.15) is 16.8 Å². The van der Waals surface area contributed by atoms with Gasteiger partial charge in [0.2, 0.25) is 5.28 Å². The van der Waals surface area contributed by atoms with E-state index in [2.05, 4.69) is 28.2 Å². The van der Waals surface area contributed by atoms with E-state index in [0.29, 0.717) is 5.58 Å². The normalized spacial score (nSPS) is 14.9. The van der Waals surface area contributed by atoms with Crippen LogP contribution in [0.4, 0.5) is 0 Å². The van der Waals surface area contributed by atoms with E-state index >= 15 is 0 Å². The molecule has 2 aromatic heterocycles. The number of para-hydroxylation sites is 1. The Labute approximate surface area is 120 Å². The number of hydrogen-bond donors (Lipinski definition) is 0. The third kappa shape index (κ3) is 1.74. The maximum Gasteiger partial charge on any atom is 0.223 e. The Kier molecular flexibility index (Phi) is 2.60. The van der Waals surface area contributed by atoms with Crippen molar-refractivity contribution in [2.24, 2.45) is 0 Å². The second kappa shape index (κ2) is 4.46. The van der Waals surface area contributed by atoms with Gasteiger partial charge in [0.05, 0.1) is 0 Å². The van der Waals surface area contributed by atoms with Crippen LogP contribution in [0.5, 0.6) is 0 Å². The van der Waals surface area contributed by atoms with Gasteiger partial charge >= 0.3 is 0 Å². The Hall–Kier alpha value is -2.13. The molecule has 1 aromatic carbocycles. The molecule has 2 heterocycles. The van der Waals surface area contributed by atoms with Crippen molar-refractivity contribution in [3.63, 3.8) is 0 Å². The molecule has 0 bridgehead atoms. The lowest BCUT2D eigenvalue weighted by molar-refractivity contribution is 0.664. The van der Waals surface area contributed by atoms with Crippen molar-refractivity contribution in [3.8, 4) is 0 Å². The summed E-state index contributed by atoms with van der Waals surface area (Å²) in [5, 5.41) is 1.22. The summed E-state index contributed by atoms with van der Waals surface area (Å²) in [6.07, 6.45) is 8.43. The summed E-state index contributed by atoms with van der Waals surface area (Å²) in [6, 6.07) is 7.82. The molecule has 3 nitrogen and oxygen atoms in total. The Morgan fingerprint density at radius 3 is 2.85 bits per heavy atom. The van der Waals surface area contributed by atoms with E-state index in [1.54, 1.807) is 0 Å². The standard InChI is InChI=1S/C16H11ClN2O/c17-16-18-13(10-6-2-1-3-7-10)15-14(19-16)11-8-4-5-9-12(11)20-15/h2,4-9H,1,3H2. The van der Waals surface area contributed by atoms with Gasteiger partial charge in [-0.2, -0.15) is 0 Å². The summed E-state index contributed by atoms with van der Waals surface area (Å²) in [5.41, 5.74) is 4.10. The highest BCUT2D eigenvalue weighted by atomic mass is 35.5. The molecule has 0 amide bonds. The number of rotatable bonds is 1. The number of fused-ring (bicyclic) bond motifs is 3. The van der Waals surface area contributed by atoms with Gasteiger partial charge < -0.3 is 4.42 Å². The first-order valence-corrected chi connectivity index (χ1v) is 6.92. The molecule has 0 unspecified atom stereocenters. The number of halogens is 1.